The van der Waals surface area contributed by atoms with E-state index < -0.39 is 64.9 Å². The SMILES string of the molecule is O=C(Nc1ccc(F)c(NC(=O)C(F)(F)C(F)F)c1F)c1cc(NC(=O)[C@H](CCl)[C@@H](CCl)c2ccc(Cl)c(Cl)c2)ccc1Cl. The highest BCUT2D eigenvalue weighted by molar-refractivity contribution is 6.42. The van der Waals surface area contributed by atoms with Crippen molar-refractivity contribution in [3.8, 4) is 0 Å². The van der Waals surface area contributed by atoms with Crippen molar-refractivity contribution < 1.29 is 40.7 Å². The molecule has 0 saturated carbocycles. The molecule has 0 aliphatic carbocycles. The number of rotatable bonds is 11. The number of benzene rings is 3. The van der Waals surface area contributed by atoms with Gasteiger partial charge in [0.2, 0.25) is 5.91 Å². The third-order valence-electron chi connectivity index (χ3n) is 6.16. The molecular formula is C27H18Cl5F6N3O3. The molecule has 0 aromatic heterocycles. The molecule has 0 fully saturated rings. The van der Waals surface area contributed by atoms with Gasteiger partial charge in [0.1, 0.15) is 11.5 Å². The predicted octanol–water partition coefficient (Wildman–Crippen LogP) is 8.83. The van der Waals surface area contributed by atoms with E-state index in [4.69, 9.17) is 58.0 Å². The number of nitrogens with one attached hydrogen (secondary N) is 3. The highest BCUT2D eigenvalue weighted by Gasteiger charge is 2.49. The molecule has 3 aromatic carbocycles. The number of alkyl halides is 6. The van der Waals surface area contributed by atoms with Crippen LogP contribution >= 0.6 is 58.0 Å². The second kappa shape index (κ2) is 14.9. The van der Waals surface area contributed by atoms with Gasteiger partial charge in [0.25, 0.3) is 5.91 Å². The summed E-state index contributed by atoms with van der Waals surface area (Å²) >= 11 is 30.4. The minimum absolute atomic E-state index is 0.0253. The second-order valence-corrected chi connectivity index (χ2v) is 10.8. The first-order chi connectivity index (χ1) is 20.6. The lowest BCUT2D eigenvalue weighted by Gasteiger charge is -2.24. The molecule has 3 amide bonds. The summed E-state index contributed by atoms with van der Waals surface area (Å²) in [6, 6.07) is 9.56. The Labute approximate surface area is 270 Å². The van der Waals surface area contributed by atoms with Gasteiger partial charge in [0.05, 0.1) is 32.2 Å². The Morgan fingerprint density at radius 1 is 0.795 bits per heavy atom. The van der Waals surface area contributed by atoms with Gasteiger partial charge in [-0.3, -0.25) is 14.4 Å². The first-order valence-electron chi connectivity index (χ1n) is 12.1. The maximum atomic E-state index is 14.9. The minimum atomic E-state index is -5.26. The first kappa shape index (κ1) is 35.6. The zero-order chi connectivity index (χ0) is 32.9. The second-order valence-electron chi connectivity index (χ2n) is 8.99. The van der Waals surface area contributed by atoms with Gasteiger partial charge in [-0.1, -0.05) is 40.9 Å². The van der Waals surface area contributed by atoms with Crippen LogP contribution in [0.2, 0.25) is 15.1 Å². The average molecular weight is 724 g/mol. The van der Waals surface area contributed by atoms with Crippen LogP contribution < -0.4 is 16.0 Å². The molecule has 3 N–H and O–H groups in total. The highest BCUT2D eigenvalue weighted by atomic mass is 35.5. The molecule has 0 spiro atoms. The lowest BCUT2D eigenvalue weighted by molar-refractivity contribution is -0.163. The number of hydrogen-bond acceptors (Lipinski definition) is 3. The molecule has 2 atom stereocenters. The number of amides is 3. The fraction of sp³-hybridized carbons (Fsp3) is 0.222. The molecule has 0 aliphatic rings. The predicted molar refractivity (Wildman–Crippen MR) is 158 cm³/mol. The fourth-order valence-corrected chi connectivity index (χ4v) is 5.05. The number of hydrogen-bond donors (Lipinski definition) is 3. The molecule has 0 radical (unpaired) electrons. The Balaban J connectivity index is 1.83. The van der Waals surface area contributed by atoms with Gasteiger partial charge in [-0.25, -0.2) is 17.6 Å². The molecular weight excluding hydrogens is 706 g/mol. The molecule has 0 saturated heterocycles. The third kappa shape index (κ3) is 8.02. The Morgan fingerprint density at radius 2 is 1.45 bits per heavy atom. The fourth-order valence-electron chi connectivity index (χ4n) is 3.79. The molecule has 0 unspecified atom stereocenters. The molecule has 0 aliphatic heterocycles. The summed E-state index contributed by atoms with van der Waals surface area (Å²) in [6.07, 6.45) is -4.46. The van der Waals surface area contributed by atoms with Crippen molar-refractivity contribution in [2.75, 3.05) is 27.7 Å². The van der Waals surface area contributed by atoms with Crippen LogP contribution in [0.15, 0.2) is 48.5 Å². The molecule has 0 bridgehead atoms. The van der Waals surface area contributed by atoms with Crippen molar-refractivity contribution in [3.05, 3.63) is 86.4 Å². The molecule has 6 nitrogen and oxygen atoms in total. The summed E-state index contributed by atoms with van der Waals surface area (Å²) in [5, 5.41) is 6.00. The van der Waals surface area contributed by atoms with Crippen molar-refractivity contribution in [1.29, 1.82) is 0 Å². The topological polar surface area (TPSA) is 87.3 Å². The van der Waals surface area contributed by atoms with Gasteiger partial charge in [-0.05, 0) is 48.0 Å². The van der Waals surface area contributed by atoms with E-state index in [0.29, 0.717) is 17.7 Å². The average Bonchev–Trinajstić information content (AvgIpc) is 2.97. The number of carbonyl (C=O) groups is 3. The zero-order valence-corrected chi connectivity index (χ0v) is 25.4. The molecule has 236 valence electrons. The highest BCUT2D eigenvalue weighted by Crippen LogP contribution is 2.34. The van der Waals surface area contributed by atoms with Crippen molar-refractivity contribution >= 4 is 92.8 Å². The monoisotopic (exact) mass is 721 g/mol. The van der Waals surface area contributed by atoms with Crippen LogP contribution in [0.4, 0.5) is 43.4 Å². The number of carbonyl (C=O) groups excluding carboxylic acids is 3. The summed E-state index contributed by atoms with van der Waals surface area (Å²) in [5.41, 5.74) is -2.04. The Hall–Kier alpha value is -2.90. The Morgan fingerprint density at radius 3 is 2.05 bits per heavy atom. The van der Waals surface area contributed by atoms with Crippen LogP contribution in [0.1, 0.15) is 21.8 Å². The zero-order valence-electron chi connectivity index (χ0n) is 21.6. The summed E-state index contributed by atoms with van der Waals surface area (Å²) in [4.78, 5) is 37.6. The Bertz CT molecular complexity index is 1580. The smallest absolute Gasteiger partial charge is 0.326 e. The van der Waals surface area contributed by atoms with Gasteiger partial charge in [0.15, 0.2) is 5.82 Å². The van der Waals surface area contributed by atoms with Gasteiger partial charge in [-0.15, -0.1) is 23.2 Å². The van der Waals surface area contributed by atoms with E-state index in [1.807, 2.05) is 5.32 Å². The molecule has 17 heteroatoms. The molecule has 44 heavy (non-hydrogen) atoms. The Kier molecular flexibility index (Phi) is 12.1. The molecule has 3 rings (SSSR count). The normalized spacial score (nSPS) is 12.9. The van der Waals surface area contributed by atoms with Crippen molar-refractivity contribution in [3.63, 3.8) is 0 Å². The largest absolute Gasteiger partial charge is 0.383 e. The third-order valence-corrected chi connectivity index (χ3v) is 7.89. The van der Waals surface area contributed by atoms with Gasteiger partial charge >= 0.3 is 18.3 Å². The lowest BCUT2D eigenvalue weighted by atomic mass is 9.88. The summed E-state index contributed by atoms with van der Waals surface area (Å²) in [7, 11) is 0. The molecule has 3 aromatic rings. The van der Waals surface area contributed by atoms with E-state index in [-0.39, 0.29) is 38.1 Å². The van der Waals surface area contributed by atoms with Crippen LogP contribution in [-0.4, -0.2) is 41.8 Å². The maximum absolute atomic E-state index is 14.9. The van der Waals surface area contributed by atoms with Crippen molar-refractivity contribution in [1.82, 2.24) is 0 Å². The molecule has 0 heterocycles. The van der Waals surface area contributed by atoms with Crippen LogP contribution in [0.5, 0.6) is 0 Å². The van der Waals surface area contributed by atoms with E-state index in [0.717, 1.165) is 11.4 Å². The van der Waals surface area contributed by atoms with E-state index >= 15 is 0 Å². The van der Waals surface area contributed by atoms with E-state index in [1.165, 1.54) is 18.2 Å². The first-order valence-corrected chi connectivity index (χ1v) is 14.3. The lowest BCUT2D eigenvalue weighted by Crippen LogP contribution is -2.41. The van der Waals surface area contributed by atoms with Crippen molar-refractivity contribution in [2.45, 2.75) is 18.3 Å². The van der Waals surface area contributed by atoms with E-state index in [2.05, 4.69) is 5.32 Å². The van der Waals surface area contributed by atoms with Crippen LogP contribution in [-0.2, 0) is 9.59 Å². The van der Waals surface area contributed by atoms with Gasteiger partial charge < -0.3 is 16.0 Å². The standard InChI is InChI=1S/C27H18Cl5F6N3O3/c28-9-14(11-1-3-17(31)18(32)7-11)15(10-29)24(43)39-12-2-4-16(30)13(8-12)23(42)40-20-6-5-19(33)22(21(20)34)41-26(44)27(37,38)25(35)36/h1-8,14-15,25H,9-10H2,(H,39,43)(H,40,42)(H,41,44)/t14-,15+/m0/s1. The number of anilines is 3. The van der Waals surface area contributed by atoms with Crippen LogP contribution in [0.25, 0.3) is 0 Å². The van der Waals surface area contributed by atoms with Crippen molar-refractivity contribution in [2.24, 2.45) is 5.92 Å². The summed E-state index contributed by atoms with van der Waals surface area (Å²) in [6.45, 7) is 0. The van der Waals surface area contributed by atoms with Crippen LogP contribution in [0.3, 0.4) is 0 Å². The minimum Gasteiger partial charge on any atom is -0.326 e. The van der Waals surface area contributed by atoms with Gasteiger partial charge in [-0.2, -0.15) is 8.78 Å². The maximum Gasteiger partial charge on any atom is 0.383 e. The number of halogens is 11. The van der Waals surface area contributed by atoms with Crippen LogP contribution in [0, 0.1) is 17.6 Å². The summed E-state index contributed by atoms with van der Waals surface area (Å²) in [5.74, 6) is -14.7. The van der Waals surface area contributed by atoms with E-state index in [9.17, 15) is 40.7 Å². The van der Waals surface area contributed by atoms with Gasteiger partial charge in [0, 0.05) is 23.4 Å². The van der Waals surface area contributed by atoms with E-state index in [1.54, 1.807) is 12.1 Å². The quantitative estimate of drug-likeness (QED) is 0.137. The summed E-state index contributed by atoms with van der Waals surface area (Å²) < 4.78 is 80.6.